The Balaban J connectivity index is 2.23. The number of para-hydroxylation sites is 1. The second-order valence-electron chi connectivity index (χ2n) is 6.05. The molecule has 1 atom stereocenters. The Labute approximate surface area is 158 Å². The molecule has 2 rings (SSSR count). The fraction of sp³-hybridized carbons (Fsp3) is 0.389. The summed E-state index contributed by atoms with van der Waals surface area (Å²) in [6, 6.07) is 9.96. The van der Waals surface area contributed by atoms with Gasteiger partial charge < -0.3 is 15.0 Å². The summed E-state index contributed by atoms with van der Waals surface area (Å²) in [5.41, 5.74) is 0.405. The van der Waals surface area contributed by atoms with Crippen molar-refractivity contribution < 1.29 is 17.9 Å². The maximum absolute atomic E-state index is 12.5. The van der Waals surface area contributed by atoms with Gasteiger partial charge in [0.15, 0.2) is 9.84 Å². The van der Waals surface area contributed by atoms with Crippen LogP contribution in [0.4, 0.5) is 5.69 Å². The maximum Gasteiger partial charge on any atom is 0.267 e. The van der Waals surface area contributed by atoms with Gasteiger partial charge in [-0.2, -0.15) is 10.5 Å². The lowest BCUT2D eigenvalue weighted by Crippen LogP contribution is -2.35. The molecule has 1 aliphatic rings. The molecule has 0 aromatic heterocycles. The van der Waals surface area contributed by atoms with Gasteiger partial charge in [-0.15, -0.1) is 0 Å². The van der Waals surface area contributed by atoms with E-state index in [1.807, 2.05) is 12.1 Å². The third-order valence-electron chi connectivity index (χ3n) is 4.19. The van der Waals surface area contributed by atoms with E-state index in [0.717, 1.165) is 0 Å². The van der Waals surface area contributed by atoms with Gasteiger partial charge in [0.05, 0.1) is 29.4 Å². The highest BCUT2D eigenvalue weighted by Crippen LogP contribution is 2.20. The second-order valence-corrected chi connectivity index (χ2v) is 8.28. The lowest BCUT2D eigenvalue weighted by Gasteiger charge is -2.26. The summed E-state index contributed by atoms with van der Waals surface area (Å²) in [5.74, 6) is -0.604. The van der Waals surface area contributed by atoms with E-state index in [4.69, 9.17) is 10.00 Å². The van der Waals surface area contributed by atoms with Crippen LogP contribution in [0.15, 0.2) is 36.0 Å². The van der Waals surface area contributed by atoms with E-state index in [1.165, 1.54) is 13.3 Å². The molecule has 0 bridgehead atoms. The zero-order chi connectivity index (χ0) is 19.9. The molecule has 1 aliphatic heterocycles. The lowest BCUT2D eigenvalue weighted by molar-refractivity contribution is -0.112. The van der Waals surface area contributed by atoms with E-state index in [-0.39, 0.29) is 28.7 Å². The highest BCUT2D eigenvalue weighted by Gasteiger charge is 2.31. The number of hydrogen-bond acceptors (Lipinski definition) is 7. The molecule has 1 fully saturated rings. The van der Waals surface area contributed by atoms with Crippen molar-refractivity contribution in [2.24, 2.45) is 0 Å². The molecule has 9 heteroatoms. The number of hydrogen-bond donors (Lipinski definition) is 1. The number of anilines is 1. The van der Waals surface area contributed by atoms with E-state index in [2.05, 4.69) is 5.32 Å². The number of nitrogens with zero attached hydrogens (tertiary/aromatic N) is 3. The minimum atomic E-state index is -3.12. The molecule has 0 spiro atoms. The van der Waals surface area contributed by atoms with Crippen LogP contribution < -0.4 is 5.32 Å². The molecular formula is C18H20N4O4S. The predicted octanol–water partition coefficient (Wildman–Crippen LogP) is 1.04. The highest BCUT2D eigenvalue weighted by atomic mass is 32.2. The van der Waals surface area contributed by atoms with Crippen LogP contribution in [0.5, 0.6) is 0 Å². The molecule has 1 amide bonds. The van der Waals surface area contributed by atoms with Crippen molar-refractivity contribution in [3.8, 4) is 12.1 Å². The van der Waals surface area contributed by atoms with Crippen LogP contribution in [0.3, 0.4) is 0 Å². The number of carbonyl (C=O) groups is 1. The van der Waals surface area contributed by atoms with Gasteiger partial charge >= 0.3 is 0 Å². The van der Waals surface area contributed by atoms with Crippen LogP contribution in [0, 0.1) is 22.7 Å². The Morgan fingerprint density at radius 3 is 2.74 bits per heavy atom. The van der Waals surface area contributed by atoms with Gasteiger partial charge in [0.1, 0.15) is 17.7 Å². The third kappa shape index (κ3) is 5.55. The molecule has 0 saturated carbocycles. The molecule has 1 N–H and O–H groups in total. The molecule has 0 aliphatic carbocycles. The van der Waals surface area contributed by atoms with Gasteiger partial charge in [-0.1, -0.05) is 12.1 Å². The first-order valence-corrected chi connectivity index (χ1v) is 10.1. The summed E-state index contributed by atoms with van der Waals surface area (Å²) in [5, 5.41) is 21.1. The molecule has 1 aromatic carbocycles. The van der Waals surface area contributed by atoms with Crippen LogP contribution in [-0.4, -0.2) is 57.0 Å². The Bertz CT molecular complexity index is 912. The zero-order valence-electron chi connectivity index (χ0n) is 14.9. The number of nitrogens with one attached hydrogen (secondary N) is 1. The van der Waals surface area contributed by atoms with Crippen molar-refractivity contribution in [2.75, 3.05) is 37.1 Å². The third-order valence-corrected chi connectivity index (χ3v) is 5.94. The van der Waals surface area contributed by atoms with E-state index in [0.29, 0.717) is 25.3 Å². The number of sulfone groups is 1. The summed E-state index contributed by atoms with van der Waals surface area (Å²) in [6.07, 6.45) is 1.80. The van der Waals surface area contributed by atoms with E-state index < -0.39 is 15.7 Å². The summed E-state index contributed by atoms with van der Waals surface area (Å²) in [4.78, 5) is 14.1. The molecule has 8 nitrogen and oxygen atoms in total. The van der Waals surface area contributed by atoms with Crippen LogP contribution in [0.1, 0.15) is 12.0 Å². The normalized spacial score (nSPS) is 18.3. The fourth-order valence-electron chi connectivity index (χ4n) is 2.77. The fourth-order valence-corrected chi connectivity index (χ4v) is 4.51. The van der Waals surface area contributed by atoms with Crippen molar-refractivity contribution in [1.29, 1.82) is 10.5 Å². The molecule has 1 unspecified atom stereocenters. The Morgan fingerprint density at radius 2 is 2.15 bits per heavy atom. The van der Waals surface area contributed by atoms with Gasteiger partial charge in [-0.25, -0.2) is 8.42 Å². The lowest BCUT2D eigenvalue weighted by atomic mass is 10.1. The van der Waals surface area contributed by atoms with E-state index in [9.17, 15) is 18.5 Å². The van der Waals surface area contributed by atoms with Gasteiger partial charge in [0, 0.05) is 25.9 Å². The predicted molar refractivity (Wildman–Crippen MR) is 99.1 cm³/mol. The first-order valence-electron chi connectivity index (χ1n) is 8.27. The average molecular weight is 388 g/mol. The highest BCUT2D eigenvalue weighted by molar-refractivity contribution is 7.91. The van der Waals surface area contributed by atoms with Gasteiger partial charge in [-0.3, -0.25) is 4.79 Å². The number of methoxy groups -OCH3 is 1. The zero-order valence-corrected chi connectivity index (χ0v) is 15.7. The van der Waals surface area contributed by atoms with Crippen LogP contribution in [-0.2, 0) is 19.4 Å². The Hall–Kier alpha value is -2.88. The van der Waals surface area contributed by atoms with Crippen LogP contribution >= 0.6 is 0 Å². The van der Waals surface area contributed by atoms with Gasteiger partial charge in [-0.05, 0) is 18.6 Å². The van der Waals surface area contributed by atoms with Crippen molar-refractivity contribution in [3.05, 3.63) is 41.6 Å². The SMILES string of the molecule is COCCN(/C=C(/C#N)C(=O)Nc1ccccc1C#N)C1CCS(=O)(=O)C1. The maximum atomic E-state index is 12.5. The summed E-state index contributed by atoms with van der Waals surface area (Å²) < 4.78 is 28.6. The van der Waals surface area contributed by atoms with Crippen molar-refractivity contribution >= 4 is 21.4 Å². The van der Waals surface area contributed by atoms with E-state index >= 15 is 0 Å². The molecule has 1 heterocycles. The van der Waals surface area contributed by atoms with Crippen molar-refractivity contribution in [1.82, 2.24) is 4.90 Å². The first-order chi connectivity index (χ1) is 12.9. The van der Waals surface area contributed by atoms with Crippen LogP contribution in [0.25, 0.3) is 0 Å². The van der Waals surface area contributed by atoms with Crippen LogP contribution in [0.2, 0.25) is 0 Å². The van der Waals surface area contributed by atoms with Gasteiger partial charge in [0.2, 0.25) is 0 Å². The second kappa shape index (κ2) is 9.17. The smallest absolute Gasteiger partial charge is 0.267 e. The quantitative estimate of drug-likeness (QED) is 0.547. The Kier molecular flexibility index (Phi) is 6.94. The number of rotatable bonds is 7. The molecular weight excluding hydrogens is 368 g/mol. The molecule has 1 aromatic rings. The number of nitriles is 2. The van der Waals surface area contributed by atoms with Crippen molar-refractivity contribution in [3.63, 3.8) is 0 Å². The number of ether oxygens (including phenoxy) is 1. The monoisotopic (exact) mass is 388 g/mol. The van der Waals surface area contributed by atoms with Gasteiger partial charge in [0.25, 0.3) is 5.91 Å². The standard InChI is InChI=1S/C18H20N4O4S/c1-26-8-7-22(16-6-9-27(24,25)13-16)12-15(11-20)18(23)21-17-5-3-2-4-14(17)10-19/h2-5,12,16H,6-9,13H2,1H3,(H,21,23)/b15-12-. The Morgan fingerprint density at radius 1 is 1.41 bits per heavy atom. The van der Waals surface area contributed by atoms with E-state index in [1.54, 1.807) is 29.2 Å². The first kappa shape index (κ1) is 20.4. The number of carbonyl (C=O) groups excluding carboxylic acids is 1. The summed E-state index contributed by atoms with van der Waals surface area (Å²) in [6.45, 7) is 0.675. The molecule has 0 radical (unpaired) electrons. The number of amides is 1. The molecule has 1 saturated heterocycles. The molecule has 142 valence electrons. The summed E-state index contributed by atoms with van der Waals surface area (Å²) >= 11 is 0. The summed E-state index contributed by atoms with van der Waals surface area (Å²) in [7, 11) is -1.60. The topological polar surface area (TPSA) is 123 Å². The minimum Gasteiger partial charge on any atom is -0.383 e. The minimum absolute atomic E-state index is 0.0230. The largest absolute Gasteiger partial charge is 0.383 e. The molecule has 27 heavy (non-hydrogen) atoms. The average Bonchev–Trinajstić information content (AvgIpc) is 3.02. The number of benzene rings is 1. The van der Waals surface area contributed by atoms with Crippen molar-refractivity contribution in [2.45, 2.75) is 12.5 Å².